The largest absolute Gasteiger partial charge is 0.325 e. The second kappa shape index (κ2) is 5.31. The van der Waals surface area contributed by atoms with Crippen molar-refractivity contribution in [1.82, 2.24) is 4.90 Å². The van der Waals surface area contributed by atoms with Crippen LogP contribution in [-0.2, 0) is 0 Å². The van der Waals surface area contributed by atoms with Gasteiger partial charge >= 0.3 is 0 Å². The zero-order valence-electron chi connectivity index (χ0n) is 11.7. The molecule has 2 heteroatoms. The molecule has 0 aromatic rings. The first kappa shape index (κ1) is 14.9. The molecule has 0 amide bonds. The van der Waals surface area contributed by atoms with Gasteiger partial charge in [-0.15, -0.1) is 0 Å². The molecular weight excluding hydrogens is 184 g/mol. The molecule has 15 heavy (non-hydrogen) atoms. The molecule has 0 spiro atoms. The average Bonchev–Trinajstić information content (AvgIpc) is 2.00. The molecule has 0 saturated heterocycles. The fourth-order valence-electron chi connectivity index (χ4n) is 1.60. The third-order valence-electron chi connectivity index (χ3n) is 3.73. The topological polar surface area (TPSA) is 29.3 Å². The lowest BCUT2D eigenvalue weighted by atomic mass is 9.75. The minimum absolute atomic E-state index is 0.128. The van der Waals surface area contributed by atoms with Crippen LogP contribution in [-0.4, -0.2) is 30.6 Å². The van der Waals surface area contributed by atoms with E-state index >= 15 is 0 Å². The molecule has 0 radical (unpaired) electrons. The van der Waals surface area contributed by atoms with E-state index in [1.807, 2.05) is 0 Å². The van der Waals surface area contributed by atoms with Crippen LogP contribution in [0, 0.1) is 11.3 Å². The Morgan fingerprint density at radius 1 is 1.20 bits per heavy atom. The van der Waals surface area contributed by atoms with Gasteiger partial charge in [-0.3, -0.25) is 0 Å². The van der Waals surface area contributed by atoms with Gasteiger partial charge in [0.25, 0.3) is 0 Å². The van der Waals surface area contributed by atoms with Gasteiger partial charge in [-0.25, -0.2) is 0 Å². The molecule has 0 rings (SSSR count). The van der Waals surface area contributed by atoms with Gasteiger partial charge < -0.3 is 10.6 Å². The SMILES string of the molecule is CCC(C)CN(C)CC(C)(C)C(C)(C)N. The highest BCUT2D eigenvalue weighted by Crippen LogP contribution is 2.29. The van der Waals surface area contributed by atoms with E-state index in [0.717, 1.165) is 19.0 Å². The Kier molecular flexibility index (Phi) is 5.28. The quantitative estimate of drug-likeness (QED) is 0.736. The first-order valence-electron chi connectivity index (χ1n) is 6.07. The molecule has 1 atom stereocenters. The number of hydrogen-bond acceptors (Lipinski definition) is 2. The second-order valence-electron chi connectivity index (χ2n) is 6.32. The summed E-state index contributed by atoms with van der Waals surface area (Å²) in [7, 11) is 2.19. The molecule has 92 valence electrons. The molecule has 0 aromatic heterocycles. The molecule has 0 fully saturated rings. The lowest BCUT2D eigenvalue weighted by Crippen LogP contribution is -2.52. The Morgan fingerprint density at radius 2 is 1.67 bits per heavy atom. The Balaban J connectivity index is 4.22. The molecule has 1 unspecified atom stereocenters. The lowest BCUT2D eigenvalue weighted by molar-refractivity contribution is 0.121. The summed E-state index contributed by atoms with van der Waals surface area (Å²) in [4.78, 5) is 2.41. The number of nitrogens with two attached hydrogens (primary N) is 1. The van der Waals surface area contributed by atoms with E-state index in [1.54, 1.807) is 0 Å². The summed E-state index contributed by atoms with van der Waals surface area (Å²) in [5.41, 5.74) is 6.22. The molecular formula is C13H30N2. The highest BCUT2D eigenvalue weighted by molar-refractivity contribution is 4.91. The van der Waals surface area contributed by atoms with E-state index in [9.17, 15) is 0 Å². The Bertz CT molecular complexity index is 179. The maximum absolute atomic E-state index is 6.20. The predicted molar refractivity (Wildman–Crippen MR) is 69.0 cm³/mol. The van der Waals surface area contributed by atoms with Crippen molar-refractivity contribution in [3.8, 4) is 0 Å². The predicted octanol–water partition coefficient (Wildman–Crippen LogP) is 2.73. The normalized spacial score (nSPS) is 15.8. The number of nitrogens with zero attached hydrogens (tertiary/aromatic N) is 1. The smallest absolute Gasteiger partial charge is 0.0161 e. The van der Waals surface area contributed by atoms with Gasteiger partial charge in [-0.1, -0.05) is 34.1 Å². The fourth-order valence-corrected chi connectivity index (χ4v) is 1.60. The van der Waals surface area contributed by atoms with Gasteiger partial charge in [-0.2, -0.15) is 0 Å². The van der Waals surface area contributed by atoms with Crippen LogP contribution in [0.4, 0.5) is 0 Å². The van der Waals surface area contributed by atoms with E-state index in [1.165, 1.54) is 6.42 Å². The van der Waals surface area contributed by atoms with Crippen LogP contribution >= 0.6 is 0 Å². The second-order valence-corrected chi connectivity index (χ2v) is 6.32. The van der Waals surface area contributed by atoms with Gasteiger partial charge in [0.2, 0.25) is 0 Å². The van der Waals surface area contributed by atoms with Gasteiger partial charge in [0, 0.05) is 18.6 Å². The van der Waals surface area contributed by atoms with E-state index in [2.05, 4.69) is 53.5 Å². The van der Waals surface area contributed by atoms with Crippen LogP contribution in [0.5, 0.6) is 0 Å². The monoisotopic (exact) mass is 214 g/mol. The van der Waals surface area contributed by atoms with Crippen LogP contribution in [0.1, 0.15) is 48.0 Å². The highest BCUT2D eigenvalue weighted by Gasteiger charge is 2.34. The van der Waals surface area contributed by atoms with E-state index in [4.69, 9.17) is 5.73 Å². The minimum Gasteiger partial charge on any atom is -0.325 e. The summed E-state index contributed by atoms with van der Waals surface area (Å²) in [5, 5.41) is 0. The van der Waals surface area contributed by atoms with Crippen molar-refractivity contribution >= 4 is 0 Å². The molecule has 0 heterocycles. The summed E-state index contributed by atoms with van der Waals surface area (Å²) >= 11 is 0. The molecule has 2 nitrogen and oxygen atoms in total. The number of hydrogen-bond donors (Lipinski definition) is 1. The standard InChI is InChI=1S/C13H30N2/c1-8-11(2)9-15(7)10-12(3,4)13(5,6)14/h11H,8-10,14H2,1-7H3. The molecule has 0 aliphatic carbocycles. The van der Waals surface area contributed by atoms with Gasteiger partial charge in [0.15, 0.2) is 0 Å². The molecule has 0 aliphatic rings. The van der Waals surface area contributed by atoms with Crippen LogP contribution in [0.2, 0.25) is 0 Å². The maximum Gasteiger partial charge on any atom is 0.0161 e. The first-order chi connectivity index (χ1) is 6.60. The third kappa shape index (κ3) is 4.98. The molecule has 2 N–H and O–H groups in total. The minimum atomic E-state index is -0.128. The Labute approximate surface area is 96.2 Å². The van der Waals surface area contributed by atoms with Crippen molar-refractivity contribution in [2.75, 3.05) is 20.1 Å². The van der Waals surface area contributed by atoms with Gasteiger partial charge in [0.1, 0.15) is 0 Å². The zero-order valence-corrected chi connectivity index (χ0v) is 11.7. The molecule has 0 aliphatic heterocycles. The van der Waals surface area contributed by atoms with Crippen molar-refractivity contribution in [2.24, 2.45) is 17.1 Å². The van der Waals surface area contributed by atoms with Crippen molar-refractivity contribution in [1.29, 1.82) is 0 Å². The first-order valence-corrected chi connectivity index (χ1v) is 6.07. The lowest BCUT2D eigenvalue weighted by Gasteiger charge is -2.41. The van der Waals surface area contributed by atoms with Crippen molar-refractivity contribution in [3.63, 3.8) is 0 Å². The van der Waals surface area contributed by atoms with Crippen molar-refractivity contribution in [3.05, 3.63) is 0 Å². The fraction of sp³-hybridized carbons (Fsp3) is 1.00. The Morgan fingerprint density at radius 3 is 2.00 bits per heavy atom. The van der Waals surface area contributed by atoms with Crippen LogP contribution < -0.4 is 5.73 Å². The molecule has 0 aromatic carbocycles. The molecule has 0 bridgehead atoms. The van der Waals surface area contributed by atoms with E-state index < -0.39 is 0 Å². The van der Waals surface area contributed by atoms with Crippen LogP contribution in [0.15, 0.2) is 0 Å². The zero-order chi connectivity index (χ0) is 12.3. The summed E-state index contributed by atoms with van der Waals surface area (Å²) < 4.78 is 0. The highest BCUT2D eigenvalue weighted by atomic mass is 15.1. The summed E-state index contributed by atoms with van der Waals surface area (Å²) in [5.74, 6) is 0.770. The van der Waals surface area contributed by atoms with Gasteiger partial charge in [0.05, 0.1) is 0 Å². The summed E-state index contributed by atoms with van der Waals surface area (Å²) in [6.07, 6.45) is 1.25. The summed E-state index contributed by atoms with van der Waals surface area (Å²) in [6.45, 7) is 15.5. The number of rotatable bonds is 6. The van der Waals surface area contributed by atoms with Gasteiger partial charge in [-0.05, 0) is 32.2 Å². The third-order valence-corrected chi connectivity index (χ3v) is 3.73. The average molecular weight is 214 g/mol. The van der Waals surface area contributed by atoms with Crippen molar-refractivity contribution in [2.45, 2.75) is 53.5 Å². The Hall–Kier alpha value is -0.0800. The van der Waals surface area contributed by atoms with Crippen LogP contribution in [0.25, 0.3) is 0 Å². The van der Waals surface area contributed by atoms with E-state index in [0.29, 0.717) is 0 Å². The van der Waals surface area contributed by atoms with E-state index in [-0.39, 0.29) is 11.0 Å². The van der Waals surface area contributed by atoms with Crippen LogP contribution in [0.3, 0.4) is 0 Å². The summed E-state index contributed by atoms with van der Waals surface area (Å²) in [6, 6.07) is 0. The molecule has 0 saturated carbocycles. The maximum atomic E-state index is 6.20. The van der Waals surface area contributed by atoms with Crippen molar-refractivity contribution < 1.29 is 0 Å².